The average Bonchev–Trinajstić information content (AvgIpc) is 2.45. The first-order valence-corrected chi connectivity index (χ1v) is 6.82. The number of para-hydroxylation sites is 1. The van der Waals surface area contributed by atoms with Crippen LogP contribution in [0.1, 0.15) is 31.7 Å². The van der Waals surface area contributed by atoms with Gasteiger partial charge in [-0.3, -0.25) is 9.59 Å². The van der Waals surface area contributed by atoms with E-state index in [2.05, 4.69) is 10.6 Å². The number of methoxy groups -OCH3 is 1. The maximum atomic E-state index is 11.6. The molecule has 0 unspecified atom stereocenters. The summed E-state index contributed by atoms with van der Waals surface area (Å²) in [5.74, 6) is 0.195. The predicted octanol–water partition coefficient (Wildman–Crippen LogP) is 1.62. The van der Waals surface area contributed by atoms with Crippen LogP contribution >= 0.6 is 0 Å². The third kappa shape index (κ3) is 5.73. The summed E-state index contributed by atoms with van der Waals surface area (Å²) in [4.78, 5) is 23.1. The zero-order valence-electron chi connectivity index (χ0n) is 12.1. The molecular weight excluding hydrogens is 256 g/mol. The summed E-state index contributed by atoms with van der Waals surface area (Å²) in [6.45, 7) is 3.02. The van der Waals surface area contributed by atoms with Gasteiger partial charge >= 0.3 is 0 Å². The molecular formula is C15H22N2O3. The molecule has 5 heteroatoms. The van der Waals surface area contributed by atoms with Gasteiger partial charge in [-0.25, -0.2) is 0 Å². The van der Waals surface area contributed by atoms with Crippen molar-refractivity contribution < 1.29 is 14.3 Å². The number of hydrogen-bond donors (Lipinski definition) is 2. The molecule has 1 rings (SSSR count). The summed E-state index contributed by atoms with van der Waals surface area (Å²) >= 11 is 0. The van der Waals surface area contributed by atoms with Crippen LogP contribution in [0, 0.1) is 0 Å². The number of carbonyl (C=O) groups excluding carboxylic acids is 2. The van der Waals surface area contributed by atoms with Gasteiger partial charge < -0.3 is 15.4 Å². The molecule has 5 nitrogen and oxygen atoms in total. The minimum atomic E-state index is -0.287. The van der Waals surface area contributed by atoms with E-state index >= 15 is 0 Å². The first-order chi connectivity index (χ1) is 9.67. The molecule has 0 aliphatic rings. The normalized spacial score (nSPS) is 9.90. The minimum absolute atomic E-state index is 0.140. The van der Waals surface area contributed by atoms with Crippen LogP contribution in [0.5, 0.6) is 5.75 Å². The van der Waals surface area contributed by atoms with Crippen LogP contribution in [0.4, 0.5) is 0 Å². The van der Waals surface area contributed by atoms with E-state index in [4.69, 9.17) is 4.74 Å². The van der Waals surface area contributed by atoms with Crippen LogP contribution in [0.15, 0.2) is 24.3 Å². The quantitative estimate of drug-likeness (QED) is 0.561. The van der Waals surface area contributed by atoms with E-state index in [1.165, 1.54) is 0 Å². The fourth-order valence-corrected chi connectivity index (χ4v) is 1.72. The molecule has 0 saturated heterocycles. The second-order valence-corrected chi connectivity index (χ2v) is 4.47. The Balaban J connectivity index is 2.34. The lowest BCUT2D eigenvalue weighted by molar-refractivity contribution is -0.129. The Morgan fingerprint density at radius 3 is 2.55 bits per heavy atom. The summed E-state index contributed by atoms with van der Waals surface area (Å²) in [6.07, 6.45) is 1.80. The minimum Gasteiger partial charge on any atom is -0.496 e. The molecule has 0 spiro atoms. The van der Waals surface area contributed by atoms with Crippen LogP contribution in [0.25, 0.3) is 0 Å². The fraction of sp³-hybridized carbons (Fsp3) is 0.467. The lowest BCUT2D eigenvalue weighted by Crippen LogP contribution is -2.32. The monoisotopic (exact) mass is 278 g/mol. The van der Waals surface area contributed by atoms with Crippen molar-refractivity contribution in [3.8, 4) is 5.75 Å². The predicted molar refractivity (Wildman–Crippen MR) is 77.4 cm³/mol. The number of unbranched alkanes of at least 4 members (excludes halogenated alkanes) is 1. The molecule has 0 aliphatic carbocycles. The largest absolute Gasteiger partial charge is 0.496 e. The number of ether oxygens (including phenoxy) is 1. The Bertz CT molecular complexity index is 446. The highest BCUT2D eigenvalue weighted by molar-refractivity contribution is 5.96. The van der Waals surface area contributed by atoms with Gasteiger partial charge in [0, 0.05) is 18.7 Å². The SMILES string of the molecule is CCCCNC(=O)CC(=O)NCc1ccccc1OC. The maximum absolute atomic E-state index is 11.6. The Morgan fingerprint density at radius 1 is 1.15 bits per heavy atom. The molecule has 20 heavy (non-hydrogen) atoms. The highest BCUT2D eigenvalue weighted by atomic mass is 16.5. The fourth-order valence-electron chi connectivity index (χ4n) is 1.72. The molecule has 1 aromatic rings. The number of amides is 2. The lowest BCUT2D eigenvalue weighted by atomic mass is 10.2. The summed E-state index contributed by atoms with van der Waals surface area (Å²) in [7, 11) is 1.59. The van der Waals surface area contributed by atoms with Gasteiger partial charge in [0.15, 0.2) is 0 Å². The molecule has 0 atom stereocenters. The number of benzene rings is 1. The van der Waals surface area contributed by atoms with E-state index in [-0.39, 0.29) is 18.2 Å². The molecule has 0 saturated carbocycles. The molecule has 0 aromatic heterocycles. The van der Waals surface area contributed by atoms with E-state index < -0.39 is 0 Å². The van der Waals surface area contributed by atoms with Crippen LogP contribution in [0.3, 0.4) is 0 Å². The van der Waals surface area contributed by atoms with Crippen molar-refractivity contribution in [3.05, 3.63) is 29.8 Å². The molecule has 1 aromatic carbocycles. The molecule has 2 amide bonds. The zero-order chi connectivity index (χ0) is 14.8. The van der Waals surface area contributed by atoms with Crippen molar-refractivity contribution >= 4 is 11.8 Å². The molecule has 110 valence electrons. The van der Waals surface area contributed by atoms with Gasteiger partial charge in [-0.1, -0.05) is 31.5 Å². The number of carbonyl (C=O) groups is 2. The lowest BCUT2D eigenvalue weighted by Gasteiger charge is -2.09. The standard InChI is InChI=1S/C15H22N2O3/c1-3-4-9-16-14(18)10-15(19)17-11-12-7-5-6-8-13(12)20-2/h5-8H,3-4,9-11H2,1-2H3,(H,16,18)(H,17,19). The second-order valence-electron chi connectivity index (χ2n) is 4.47. The van der Waals surface area contributed by atoms with Crippen molar-refractivity contribution in [2.75, 3.05) is 13.7 Å². The maximum Gasteiger partial charge on any atom is 0.229 e. The second kappa shape index (κ2) is 8.96. The molecule has 0 bridgehead atoms. The summed E-state index contributed by atoms with van der Waals surface area (Å²) < 4.78 is 5.19. The summed E-state index contributed by atoms with van der Waals surface area (Å²) in [6, 6.07) is 7.45. The van der Waals surface area contributed by atoms with E-state index in [9.17, 15) is 9.59 Å². The van der Waals surface area contributed by atoms with Gasteiger partial charge in [-0.2, -0.15) is 0 Å². The smallest absolute Gasteiger partial charge is 0.229 e. The van der Waals surface area contributed by atoms with Gasteiger partial charge in [-0.15, -0.1) is 0 Å². The van der Waals surface area contributed by atoms with Crippen molar-refractivity contribution in [2.24, 2.45) is 0 Å². The van der Waals surface area contributed by atoms with Crippen LogP contribution < -0.4 is 15.4 Å². The summed E-state index contributed by atoms with van der Waals surface area (Å²) in [5.41, 5.74) is 0.884. The van der Waals surface area contributed by atoms with Crippen LogP contribution in [0.2, 0.25) is 0 Å². The molecule has 0 fully saturated rings. The first-order valence-electron chi connectivity index (χ1n) is 6.82. The van der Waals surface area contributed by atoms with Gasteiger partial charge in [0.25, 0.3) is 0 Å². The number of rotatable bonds is 8. The van der Waals surface area contributed by atoms with Gasteiger partial charge in [0.1, 0.15) is 12.2 Å². The highest BCUT2D eigenvalue weighted by Crippen LogP contribution is 2.16. The molecule has 2 N–H and O–H groups in total. The molecule has 0 radical (unpaired) electrons. The Hall–Kier alpha value is -2.04. The van der Waals surface area contributed by atoms with E-state index in [0.29, 0.717) is 13.1 Å². The highest BCUT2D eigenvalue weighted by Gasteiger charge is 2.09. The molecule has 0 heterocycles. The van der Waals surface area contributed by atoms with Gasteiger partial charge in [0.2, 0.25) is 11.8 Å². The van der Waals surface area contributed by atoms with Gasteiger partial charge in [0.05, 0.1) is 7.11 Å². The van der Waals surface area contributed by atoms with Crippen molar-refractivity contribution in [3.63, 3.8) is 0 Å². The average molecular weight is 278 g/mol. The van der Waals surface area contributed by atoms with E-state index in [1.807, 2.05) is 31.2 Å². The third-order valence-corrected chi connectivity index (χ3v) is 2.84. The third-order valence-electron chi connectivity index (χ3n) is 2.84. The zero-order valence-corrected chi connectivity index (χ0v) is 12.1. The Labute approximate surface area is 119 Å². The summed E-state index contributed by atoms with van der Waals surface area (Å²) in [5, 5.41) is 5.43. The molecule has 0 aliphatic heterocycles. The van der Waals surface area contributed by atoms with E-state index in [0.717, 1.165) is 24.2 Å². The van der Waals surface area contributed by atoms with Crippen LogP contribution in [-0.2, 0) is 16.1 Å². The van der Waals surface area contributed by atoms with Crippen molar-refractivity contribution in [1.29, 1.82) is 0 Å². The topological polar surface area (TPSA) is 67.4 Å². The van der Waals surface area contributed by atoms with Gasteiger partial charge in [-0.05, 0) is 12.5 Å². The Morgan fingerprint density at radius 2 is 1.85 bits per heavy atom. The Kier molecular flexibility index (Phi) is 7.17. The number of hydrogen-bond acceptors (Lipinski definition) is 3. The van der Waals surface area contributed by atoms with E-state index in [1.54, 1.807) is 7.11 Å². The van der Waals surface area contributed by atoms with Crippen molar-refractivity contribution in [2.45, 2.75) is 32.7 Å². The number of nitrogens with one attached hydrogen (secondary N) is 2. The van der Waals surface area contributed by atoms with Crippen LogP contribution in [-0.4, -0.2) is 25.5 Å². The first kappa shape index (κ1) is 16.0. The van der Waals surface area contributed by atoms with Crippen molar-refractivity contribution in [1.82, 2.24) is 10.6 Å².